The van der Waals surface area contributed by atoms with Crippen molar-refractivity contribution in [3.05, 3.63) is 45.6 Å². The Balaban J connectivity index is 2.58. The molecule has 0 aliphatic heterocycles. The number of terminal acetylenes is 1. The summed E-state index contributed by atoms with van der Waals surface area (Å²) in [5, 5.41) is 11.2. The van der Waals surface area contributed by atoms with Crippen molar-refractivity contribution in [3.8, 4) is 29.5 Å². The van der Waals surface area contributed by atoms with Crippen molar-refractivity contribution < 1.29 is 4.79 Å². The molecule has 0 saturated heterocycles. The number of hydrogen-bond acceptors (Lipinski definition) is 4. The monoisotopic (exact) mass is 363 g/mol. The molecule has 0 saturated carbocycles. The SMILES string of the molecule is C#Cc1cc(C#N)cc(-c2csc(C(C)(N=C(C)N)C(C)C(C)=O)c2)c1. The van der Waals surface area contributed by atoms with E-state index in [-0.39, 0.29) is 11.7 Å². The Morgan fingerprint density at radius 1 is 1.27 bits per heavy atom. The van der Waals surface area contributed by atoms with E-state index in [1.807, 2.05) is 31.4 Å². The highest BCUT2D eigenvalue weighted by atomic mass is 32.1. The minimum absolute atomic E-state index is 0.0496. The van der Waals surface area contributed by atoms with Crippen molar-refractivity contribution in [1.82, 2.24) is 0 Å². The first-order valence-corrected chi connectivity index (χ1v) is 9.02. The number of Topliss-reactive ketones (excluding diaryl/α,β-unsaturated/α-hetero) is 1. The highest BCUT2D eigenvalue weighted by molar-refractivity contribution is 7.10. The largest absolute Gasteiger partial charge is 0.388 e. The van der Waals surface area contributed by atoms with E-state index in [0.717, 1.165) is 16.0 Å². The topological polar surface area (TPSA) is 79.2 Å². The molecule has 1 aromatic heterocycles. The second kappa shape index (κ2) is 7.56. The summed E-state index contributed by atoms with van der Waals surface area (Å²) in [5.41, 5.74) is 8.06. The molecule has 2 rings (SSSR count). The predicted octanol–water partition coefficient (Wildman–Crippen LogP) is 4.09. The molecular formula is C21H21N3OS. The molecule has 2 atom stereocenters. The molecule has 0 radical (unpaired) electrons. The van der Waals surface area contributed by atoms with Gasteiger partial charge in [0.15, 0.2) is 0 Å². The van der Waals surface area contributed by atoms with Crippen molar-refractivity contribution in [3.63, 3.8) is 0 Å². The number of aliphatic imine (C=N–C) groups is 1. The van der Waals surface area contributed by atoms with Gasteiger partial charge in [-0.05, 0) is 61.5 Å². The highest BCUT2D eigenvalue weighted by Gasteiger charge is 2.37. The van der Waals surface area contributed by atoms with Crippen molar-refractivity contribution in [1.29, 1.82) is 5.26 Å². The maximum absolute atomic E-state index is 12.0. The number of nitrogens with zero attached hydrogens (tertiary/aromatic N) is 2. The van der Waals surface area contributed by atoms with Crippen molar-refractivity contribution in [2.75, 3.05) is 0 Å². The summed E-state index contributed by atoms with van der Waals surface area (Å²) in [5.74, 6) is 2.73. The number of nitriles is 1. The molecule has 4 nitrogen and oxygen atoms in total. The Morgan fingerprint density at radius 3 is 2.46 bits per heavy atom. The molecule has 0 amide bonds. The molecule has 0 fully saturated rings. The number of thiophene rings is 1. The standard InChI is InChI=1S/C21H21N3OS/c1-6-16-7-17(11-22)9-18(8-16)19-10-20(26-12-19)21(5,24-15(4)23)13(2)14(3)25/h1,7-10,12-13H,2-5H3,(H2,23,24). The fraction of sp³-hybridized carbons (Fsp3) is 0.286. The lowest BCUT2D eigenvalue weighted by Gasteiger charge is -2.29. The smallest absolute Gasteiger partial charge is 0.135 e. The number of ketones is 1. The van der Waals surface area contributed by atoms with E-state index in [0.29, 0.717) is 17.0 Å². The lowest BCUT2D eigenvalue weighted by atomic mass is 9.83. The van der Waals surface area contributed by atoms with Crippen LogP contribution in [0.15, 0.2) is 34.6 Å². The van der Waals surface area contributed by atoms with Crippen LogP contribution >= 0.6 is 11.3 Å². The lowest BCUT2D eigenvalue weighted by Crippen LogP contribution is -2.34. The minimum Gasteiger partial charge on any atom is -0.388 e. The Hall–Kier alpha value is -2.89. The van der Waals surface area contributed by atoms with Crippen LogP contribution in [0.1, 0.15) is 43.7 Å². The predicted molar refractivity (Wildman–Crippen MR) is 107 cm³/mol. The molecule has 1 heterocycles. The Labute approximate surface area is 158 Å². The molecule has 5 heteroatoms. The van der Waals surface area contributed by atoms with Gasteiger partial charge in [-0.25, -0.2) is 0 Å². The third-order valence-electron chi connectivity index (χ3n) is 4.52. The minimum atomic E-state index is -0.741. The maximum atomic E-state index is 12.0. The van der Waals surface area contributed by atoms with Crippen LogP contribution in [0.4, 0.5) is 0 Å². The van der Waals surface area contributed by atoms with Gasteiger partial charge in [-0.2, -0.15) is 5.26 Å². The van der Waals surface area contributed by atoms with E-state index in [1.165, 1.54) is 11.3 Å². The maximum Gasteiger partial charge on any atom is 0.135 e. The Kier molecular flexibility index (Phi) is 5.65. The number of benzene rings is 1. The number of carbonyl (C=O) groups is 1. The number of nitrogens with two attached hydrogens (primary N) is 1. The second-order valence-corrected chi connectivity index (χ2v) is 7.40. The average Bonchev–Trinajstić information content (AvgIpc) is 3.10. The summed E-state index contributed by atoms with van der Waals surface area (Å²) in [6, 6.07) is 9.48. The molecule has 2 N–H and O–H groups in total. The number of hydrogen-bond donors (Lipinski definition) is 1. The van der Waals surface area contributed by atoms with Crippen LogP contribution in [-0.2, 0) is 10.3 Å². The normalized spacial score (nSPS) is 14.8. The van der Waals surface area contributed by atoms with E-state index in [4.69, 9.17) is 12.2 Å². The average molecular weight is 363 g/mol. The van der Waals surface area contributed by atoms with Gasteiger partial charge in [-0.3, -0.25) is 9.79 Å². The van der Waals surface area contributed by atoms with Gasteiger partial charge in [0.2, 0.25) is 0 Å². The molecule has 0 aliphatic rings. The zero-order valence-corrected chi connectivity index (χ0v) is 16.1. The molecule has 2 aromatic rings. The van der Waals surface area contributed by atoms with E-state index >= 15 is 0 Å². The Bertz CT molecular complexity index is 922. The fourth-order valence-corrected chi connectivity index (χ4v) is 3.94. The zero-order valence-electron chi connectivity index (χ0n) is 15.3. The number of rotatable bonds is 5. The Morgan fingerprint density at radius 2 is 1.92 bits per heavy atom. The molecule has 0 aliphatic carbocycles. The van der Waals surface area contributed by atoms with Gasteiger partial charge >= 0.3 is 0 Å². The van der Waals surface area contributed by atoms with Crippen molar-refractivity contribution >= 4 is 23.0 Å². The summed E-state index contributed by atoms with van der Waals surface area (Å²) < 4.78 is 0. The first kappa shape index (κ1) is 19.4. The van der Waals surface area contributed by atoms with Gasteiger partial charge in [0.05, 0.1) is 17.5 Å². The van der Waals surface area contributed by atoms with Crippen LogP contribution in [0.5, 0.6) is 0 Å². The van der Waals surface area contributed by atoms with Gasteiger partial charge in [0.1, 0.15) is 11.3 Å². The van der Waals surface area contributed by atoms with Crippen LogP contribution in [0, 0.1) is 29.6 Å². The van der Waals surface area contributed by atoms with Gasteiger partial charge in [-0.1, -0.05) is 12.8 Å². The second-order valence-electron chi connectivity index (χ2n) is 6.49. The van der Waals surface area contributed by atoms with E-state index in [9.17, 15) is 10.1 Å². The van der Waals surface area contributed by atoms with E-state index in [1.54, 1.807) is 26.0 Å². The molecule has 0 spiro atoms. The quantitative estimate of drug-likeness (QED) is 0.494. The molecule has 0 bridgehead atoms. The highest BCUT2D eigenvalue weighted by Crippen LogP contribution is 2.40. The van der Waals surface area contributed by atoms with Crippen LogP contribution in [0.2, 0.25) is 0 Å². The summed E-state index contributed by atoms with van der Waals surface area (Å²) >= 11 is 1.52. The molecular weight excluding hydrogens is 342 g/mol. The van der Waals surface area contributed by atoms with Crippen LogP contribution in [-0.4, -0.2) is 11.6 Å². The summed E-state index contributed by atoms with van der Waals surface area (Å²) in [6.07, 6.45) is 5.50. The van der Waals surface area contributed by atoms with Gasteiger partial charge < -0.3 is 5.73 Å². The van der Waals surface area contributed by atoms with E-state index in [2.05, 4.69) is 17.0 Å². The summed E-state index contributed by atoms with van der Waals surface area (Å²) in [6.45, 7) is 7.06. The van der Waals surface area contributed by atoms with Crippen LogP contribution in [0.3, 0.4) is 0 Å². The van der Waals surface area contributed by atoms with Crippen molar-refractivity contribution in [2.24, 2.45) is 16.6 Å². The third-order valence-corrected chi connectivity index (χ3v) is 5.68. The van der Waals surface area contributed by atoms with Gasteiger partial charge in [-0.15, -0.1) is 17.8 Å². The fourth-order valence-electron chi connectivity index (χ4n) is 2.82. The molecule has 2 unspecified atom stereocenters. The molecule has 132 valence electrons. The summed E-state index contributed by atoms with van der Waals surface area (Å²) in [7, 11) is 0. The number of amidine groups is 1. The first-order valence-electron chi connectivity index (χ1n) is 8.14. The summed E-state index contributed by atoms with van der Waals surface area (Å²) in [4.78, 5) is 17.5. The molecule has 1 aromatic carbocycles. The van der Waals surface area contributed by atoms with Crippen LogP contribution in [0.25, 0.3) is 11.1 Å². The van der Waals surface area contributed by atoms with Gasteiger partial charge in [0.25, 0.3) is 0 Å². The van der Waals surface area contributed by atoms with Gasteiger partial charge in [0, 0.05) is 16.4 Å². The third kappa shape index (κ3) is 3.85. The van der Waals surface area contributed by atoms with Crippen LogP contribution < -0.4 is 5.73 Å². The first-order chi connectivity index (χ1) is 12.2. The van der Waals surface area contributed by atoms with Crippen molar-refractivity contribution in [2.45, 2.75) is 33.2 Å². The molecule has 26 heavy (non-hydrogen) atoms. The zero-order chi connectivity index (χ0) is 19.5. The number of carbonyl (C=O) groups excluding carboxylic acids is 1. The van der Waals surface area contributed by atoms with E-state index < -0.39 is 5.54 Å². The lowest BCUT2D eigenvalue weighted by molar-refractivity contribution is -0.122.